The predicted molar refractivity (Wildman–Crippen MR) is 89.6 cm³/mol. The van der Waals surface area contributed by atoms with Gasteiger partial charge in [-0.25, -0.2) is 14.8 Å². The van der Waals surface area contributed by atoms with Crippen LogP contribution in [-0.4, -0.2) is 63.2 Å². The number of carbonyl (C=O) groups excluding carboxylic acids is 1. The smallest absolute Gasteiger partial charge is 0.475 e. The van der Waals surface area contributed by atoms with E-state index in [9.17, 15) is 18.0 Å². The van der Waals surface area contributed by atoms with Crippen LogP contribution >= 0.6 is 0 Å². The molecule has 2 aromatic heterocycles. The van der Waals surface area contributed by atoms with Gasteiger partial charge in [0.2, 0.25) is 5.95 Å². The summed E-state index contributed by atoms with van der Waals surface area (Å²) >= 11 is 0. The molecule has 11 heteroatoms. The summed E-state index contributed by atoms with van der Waals surface area (Å²) in [6, 6.07) is 5.83. The summed E-state index contributed by atoms with van der Waals surface area (Å²) < 4.78 is 37.0. The van der Waals surface area contributed by atoms with Gasteiger partial charge in [-0.3, -0.25) is 4.79 Å². The summed E-state index contributed by atoms with van der Waals surface area (Å²) in [5.41, 5.74) is 0. The quantitative estimate of drug-likeness (QED) is 0.828. The van der Waals surface area contributed by atoms with Gasteiger partial charge < -0.3 is 19.3 Å². The van der Waals surface area contributed by atoms with E-state index in [0.29, 0.717) is 11.8 Å². The summed E-state index contributed by atoms with van der Waals surface area (Å²) in [5, 5.41) is 7.12. The van der Waals surface area contributed by atoms with Gasteiger partial charge in [0.15, 0.2) is 5.76 Å². The Morgan fingerprint density at radius 3 is 2.32 bits per heavy atom. The summed E-state index contributed by atoms with van der Waals surface area (Å²) in [4.78, 5) is 34.2. The highest BCUT2D eigenvalue weighted by Gasteiger charge is 2.45. The molecule has 0 bridgehead atoms. The Bertz CT molecular complexity index is 814. The SMILES string of the molecule is O=C(O)C(F)(F)F.O=C(c1ccco1)N1CC[C@H]2[C@H]1CCN2c1ncccn1. The van der Waals surface area contributed by atoms with Crippen LogP contribution in [0, 0.1) is 0 Å². The topological polar surface area (TPSA) is 99.8 Å². The van der Waals surface area contributed by atoms with E-state index in [-0.39, 0.29) is 11.9 Å². The molecule has 0 aromatic carbocycles. The standard InChI is InChI=1S/C15H16N4O2.C2HF3O2/c20-14(13-3-1-10-21-13)18-8-4-12-11(18)5-9-19(12)15-16-6-2-7-17-15;3-2(4,5)1(6)7/h1-3,6-7,10-12H,4-5,8-9H2;(H,6,7)/t11-,12+;/m1./s1. The number of nitrogens with zero attached hydrogens (tertiary/aromatic N) is 4. The van der Waals surface area contributed by atoms with Crippen LogP contribution in [0.4, 0.5) is 19.1 Å². The first-order chi connectivity index (χ1) is 13.3. The lowest BCUT2D eigenvalue weighted by atomic mass is 10.1. The molecule has 2 aliphatic heterocycles. The molecule has 0 spiro atoms. The zero-order valence-electron chi connectivity index (χ0n) is 14.5. The van der Waals surface area contributed by atoms with Crippen molar-refractivity contribution >= 4 is 17.8 Å². The van der Waals surface area contributed by atoms with Crippen LogP contribution in [0.1, 0.15) is 23.4 Å². The van der Waals surface area contributed by atoms with E-state index in [0.717, 1.165) is 31.9 Å². The predicted octanol–water partition coefficient (Wildman–Crippen LogP) is 2.20. The van der Waals surface area contributed by atoms with Crippen molar-refractivity contribution in [2.75, 3.05) is 18.0 Å². The van der Waals surface area contributed by atoms with Crippen molar-refractivity contribution in [3.63, 3.8) is 0 Å². The average Bonchev–Trinajstić information content (AvgIpc) is 3.39. The van der Waals surface area contributed by atoms with Gasteiger partial charge in [-0.2, -0.15) is 13.2 Å². The van der Waals surface area contributed by atoms with Gasteiger partial charge in [-0.05, 0) is 31.0 Å². The zero-order chi connectivity index (χ0) is 20.3. The third-order valence-electron chi connectivity index (χ3n) is 4.62. The van der Waals surface area contributed by atoms with Crippen molar-refractivity contribution < 1.29 is 32.3 Å². The van der Waals surface area contributed by atoms with Crippen molar-refractivity contribution in [1.29, 1.82) is 0 Å². The third kappa shape index (κ3) is 4.07. The number of aliphatic carboxylic acids is 1. The molecule has 0 aliphatic carbocycles. The van der Waals surface area contributed by atoms with Crippen LogP contribution in [0.2, 0.25) is 0 Å². The molecule has 0 saturated carbocycles. The fraction of sp³-hybridized carbons (Fsp3) is 0.412. The molecule has 28 heavy (non-hydrogen) atoms. The number of aromatic nitrogens is 2. The normalized spacial score (nSPS) is 21.1. The molecule has 2 fully saturated rings. The van der Waals surface area contributed by atoms with Gasteiger partial charge in [-0.15, -0.1) is 0 Å². The van der Waals surface area contributed by atoms with E-state index < -0.39 is 12.1 Å². The van der Waals surface area contributed by atoms with E-state index in [1.807, 2.05) is 11.0 Å². The van der Waals surface area contributed by atoms with Gasteiger partial charge in [0, 0.05) is 25.5 Å². The van der Waals surface area contributed by atoms with Crippen LogP contribution < -0.4 is 4.90 Å². The third-order valence-corrected chi connectivity index (χ3v) is 4.62. The zero-order valence-corrected chi connectivity index (χ0v) is 14.5. The largest absolute Gasteiger partial charge is 0.490 e. The van der Waals surface area contributed by atoms with E-state index in [1.165, 1.54) is 0 Å². The van der Waals surface area contributed by atoms with Gasteiger partial charge in [0.05, 0.1) is 18.3 Å². The maximum atomic E-state index is 12.5. The van der Waals surface area contributed by atoms with Crippen LogP contribution in [0.5, 0.6) is 0 Å². The Kier molecular flexibility index (Phi) is 5.52. The summed E-state index contributed by atoms with van der Waals surface area (Å²) in [6.07, 6.45) is 1.89. The molecule has 0 unspecified atom stereocenters. The molecule has 1 amide bonds. The van der Waals surface area contributed by atoms with Crippen LogP contribution in [0.15, 0.2) is 41.3 Å². The number of anilines is 1. The monoisotopic (exact) mass is 398 g/mol. The molecular formula is C17H17F3N4O4. The summed E-state index contributed by atoms with van der Waals surface area (Å²) in [6.45, 7) is 1.65. The number of carboxylic acids is 1. The molecule has 0 radical (unpaired) electrons. The minimum absolute atomic E-state index is 0.0108. The first-order valence-corrected chi connectivity index (χ1v) is 8.47. The van der Waals surface area contributed by atoms with E-state index >= 15 is 0 Å². The minimum atomic E-state index is -5.08. The van der Waals surface area contributed by atoms with E-state index in [4.69, 9.17) is 14.3 Å². The number of likely N-dealkylation sites (tertiary alicyclic amines) is 1. The second-order valence-electron chi connectivity index (χ2n) is 6.23. The number of hydrogen-bond donors (Lipinski definition) is 1. The fourth-order valence-electron chi connectivity index (χ4n) is 3.47. The number of furan rings is 1. The Labute approximate surface area is 157 Å². The summed E-state index contributed by atoms with van der Waals surface area (Å²) in [5.74, 6) is -1.59. The number of carbonyl (C=O) groups is 2. The lowest BCUT2D eigenvalue weighted by Crippen LogP contribution is -2.40. The number of fused-ring (bicyclic) bond motifs is 1. The summed E-state index contributed by atoms with van der Waals surface area (Å²) in [7, 11) is 0. The first-order valence-electron chi connectivity index (χ1n) is 8.47. The van der Waals surface area contributed by atoms with Crippen molar-refractivity contribution in [3.8, 4) is 0 Å². The number of hydrogen-bond acceptors (Lipinski definition) is 6. The molecule has 2 saturated heterocycles. The van der Waals surface area contributed by atoms with E-state index in [2.05, 4.69) is 14.9 Å². The second kappa shape index (κ2) is 7.87. The Hall–Kier alpha value is -3.11. The molecule has 8 nitrogen and oxygen atoms in total. The first kappa shape index (κ1) is 19.6. The van der Waals surface area contributed by atoms with Gasteiger partial charge in [0.1, 0.15) is 0 Å². The molecule has 150 valence electrons. The number of amides is 1. The Morgan fingerprint density at radius 1 is 1.11 bits per heavy atom. The van der Waals surface area contributed by atoms with Crippen molar-refractivity contribution in [2.45, 2.75) is 31.1 Å². The number of carboxylic acid groups (broad SMARTS) is 1. The van der Waals surface area contributed by atoms with Gasteiger partial charge >= 0.3 is 12.1 Å². The second-order valence-corrected chi connectivity index (χ2v) is 6.23. The highest BCUT2D eigenvalue weighted by atomic mass is 19.4. The number of halogens is 3. The van der Waals surface area contributed by atoms with Crippen LogP contribution in [-0.2, 0) is 4.79 Å². The maximum Gasteiger partial charge on any atom is 0.490 e. The highest BCUT2D eigenvalue weighted by Crippen LogP contribution is 2.34. The maximum absolute atomic E-state index is 12.5. The molecule has 4 heterocycles. The fourth-order valence-corrected chi connectivity index (χ4v) is 3.47. The lowest BCUT2D eigenvalue weighted by molar-refractivity contribution is -0.192. The lowest BCUT2D eigenvalue weighted by Gasteiger charge is -2.25. The Balaban J connectivity index is 0.000000279. The molecule has 2 atom stereocenters. The van der Waals surface area contributed by atoms with Crippen LogP contribution in [0.25, 0.3) is 0 Å². The number of alkyl halides is 3. The Morgan fingerprint density at radius 2 is 1.75 bits per heavy atom. The average molecular weight is 398 g/mol. The molecule has 2 aromatic rings. The van der Waals surface area contributed by atoms with Gasteiger partial charge in [0.25, 0.3) is 5.91 Å². The van der Waals surface area contributed by atoms with Gasteiger partial charge in [-0.1, -0.05) is 0 Å². The van der Waals surface area contributed by atoms with Crippen molar-refractivity contribution in [3.05, 3.63) is 42.6 Å². The molecular weight excluding hydrogens is 381 g/mol. The highest BCUT2D eigenvalue weighted by molar-refractivity contribution is 5.92. The minimum Gasteiger partial charge on any atom is -0.475 e. The van der Waals surface area contributed by atoms with Crippen LogP contribution in [0.3, 0.4) is 0 Å². The molecule has 1 N–H and O–H groups in total. The van der Waals surface area contributed by atoms with Crippen molar-refractivity contribution in [2.24, 2.45) is 0 Å². The number of rotatable bonds is 2. The molecule has 4 rings (SSSR count). The molecule has 2 aliphatic rings. The van der Waals surface area contributed by atoms with E-state index in [1.54, 1.807) is 30.8 Å². The van der Waals surface area contributed by atoms with Crippen molar-refractivity contribution in [1.82, 2.24) is 14.9 Å².